The van der Waals surface area contributed by atoms with E-state index in [1.165, 1.54) is 20.3 Å². The zero-order chi connectivity index (χ0) is 22.0. The van der Waals surface area contributed by atoms with Gasteiger partial charge in [0.25, 0.3) is 5.91 Å². The van der Waals surface area contributed by atoms with Gasteiger partial charge in [-0.15, -0.1) is 0 Å². The van der Waals surface area contributed by atoms with E-state index >= 15 is 0 Å². The van der Waals surface area contributed by atoms with Crippen molar-refractivity contribution in [3.05, 3.63) is 34.7 Å². The van der Waals surface area contributed by atoms with E-state index in [9.17, 15) is 28.3 Å². The number of carbonyl (C=O) groups excluding carboxylic acids is 1. The van der Waals surface area contributed by atoms with Gasteiger partial charge in [0.05, 0.1) is 30.2 Å². The lowest BCUT2D eigenvalue weighted by Crippen LogP contribution is -2.46. The zero-order valence-corrected chi connectivity index (χ0v) is 16.7. The van der Waals surface area contributed by atoms with E-state index in [2.05, 4.69) is 16.2 Å². The average molecular weight is 422 g/mol. The predicted molar refractivity (Wildman–Crippen MR) is 97.2 cm³/mol. The van der Waals surface area contributed by atoms with Crippen molar-refractivity contribution >= 4 is 5.91 Å². The lowest BCUT2D eigenvalue weighted by atomic mass is 10.0. The van der Waals surface area contributed by atoms with Crippen LogP contribution in [0.1, 0.15) is 71.9 Å². The summed E-state index contributed by atoms with van der Waals surface area (Å²) in [6.07, 6.45) is -1.78. The van der Waals surface area contributed by atoms with Gasteiger partial charge in [-0.1, -0.05) is 0 Å². The van der Waals surface area contributed by atoms with Gasteiger partial charge in [-0.3, -0.25) is 9.48 Å². The van der Waals surface area contributed by atoms with Gasteiger partial charge < -0.3 is 14.6 Å². The molecule has 4 rings (SSSR count). The third kappa shape index (κ3) is 2.98. The Bertz CT molecular complexity index is 1060. The summed E-state index contributed by atoms with van der Waals surface area (Å²) < 4.78 is 42.7. The van der Waals surface area contributed by atoms with Crippen molar-refractivity contribution in [1.29, 1.82) is 5.26 Å². The second-order valence-corrected chi connectivity index (χ2v) is 8.17. The fourth-order valence-corrected chi connectivity index (χ4v) is 4.00. The molecule has 2 atom stereocenters. The molecule has 3 heterocycles. The fourth-order valence-electron chi connectivity index (χ4n) is 4.00. The molecule has 0 aromatic carbocycles. The molecule has 1 fully saturated rings. The van der Waals surface area contributed by atoms with Crippen LogP contribution in [-0.4, -0.2) is 48.0 Å². The number of halogens is 3. The third-order valence-electron chi connectivity index (χ3n) is 5.78. The van der Waals surface area contributed by atoms with Gasteiger partial charge in [-0.2, -0.15) is 23.5 Å². The van der Waals surface area contributed by atoms with Gasteiger partial charge >= 0.3 is 6.18 Å². The molecular weight excluding hydrogens is 401 g/mol. The smallest absolute Gasteiger partial charge is 0.374 e. The second kappa shape index (κ2) is 6.57. The number of aryl methyl sites for hydroxylation is 1. The van der Waals surface area contributed by atoms with Crippen molar-refractivity contribution < 1.29 is 23.1 Å². The molecule has 1 saturated carbocycles. The molecule has 30 heavy (non-hydrogen) atoms. The number of fused-ring (bicyclic) bond motifs is 1. The zero-order valence-electron chi connectivity index (χ0n) is 16.7. The van der Waals surface area contributed by atoms with Gasteiger partial charge in [0.1, 0.15) is 17.3 Å². The maximum atomic E-state index is 13.3. The van der Waals surface area contributed by atoms with Crippen LogP contribution in [0.3, 0.4) is 0 Å². The fraction of sp³-hybridized carbons (Fsp3) is 0.579. The molecule has 2 aromatic rings. The Morgan fingerprint density at radius 2 is 2.03 bits per heavy atom. The first kappa shape index (κ1) is 20.4. The Labute approximate surface area is 170 Å². The molecular formula is C19H21F3N6O2. The predicted octanol–water partition coefficient (Wildman–Crippen LogP) is 2.35. The van der Waals surface area contributed by atoms with Crippen LogP contribution in [0.4, 0.5) is 13.2 Å². The summed E-state index contributed by atoms with van der Waals surface area (Å²) in [5.74, 6) is -0.711. The molecule has 0 saturated heterocycles. The quantitative estimate of drug-likeness (QED) is 0.819. The maximum absolute atomic E-state index is 13.3. The van der Waals surface area contributed by atoms with E-state index in [1.54, 1.807) is 14.0 Å². The SMILES string of the molecule is C[C@H]1CN(C(=O)c2c(C#N)c(C3CC3)nn2C)Cc2cnc(C(C)(O)C(F)(F)F)n21. The van der Waals surface area contributed by atoms with E-state index < -0.39 is 29.6 Å². The van der Waals surface area contributed by atoms with E-state index in [-0.39, 0.29) is 30.3 Å². The van der Waals surface area contributed by atoms with Crippen LogP contribution in [0.5, 0.6) is 0 Å². The highest BCUT2D eigenvalue weighted by molar-refractivity contribution is 5.95. The van der Waals surface area contributed by atoms with Crippen LogP contribution in [0.25, 0.3) is 0 Å². The monoisotopic (exact) mass is 422 g/mol. The highest BCUT2D eigenvalue weighted by Crippen LogP contribution is 2.42. The first-order valence-corrected chi connectivity index (χ1v) is 9.59. The molecule has 1 amide bonds. The number of hydrogen-bond donors (Lipinski definition) is 1. The molecule has 1 N–H and O–H groups in total. The molecule has 11 heteroatoms. The van der Waals surface area contributed by atoms with Crippen molar-refractivity contribution in [3.63, 3.8) is 0 Å². The van der Waals surface area contributed by atoms with Gasteiger partial charge in [0.2, 0.25) is 5.60 Å². The minimum Gasteiger partial charge on any atom is -0.374 e. The van der Waals surface area contributed by atoms with E-state index in [0.717, 1.165) is 12.8 Å². The minimum absolute atomic E-state index is 0.0128. The van der Waals surface area contributed by atoms with Crippen LogP contribution < -0.4 is 0 Å². The number of imidazole rings is 1. The summed E-state index contributed by atoms with van der Waals surface area (Å²) in [6, 6.07) is 1.54. The Kier molecular flexibility index (Phi) is 4.47. The van der Waals surface area contributed by atoms with Crippen LogP contribution >= 0.6 is 0 Å². The number of alkyl halides is 3. The summed E-state index contributed by atoms with van der Waals surface area (Å²) in [5.41, 5.74) is -1.66. The van der Waals surface area contributed by atoms with Gasteiger partial charge in [0.15, 0.2) is 5.82 Å². The highest BCUT2D eigenvalue weighted by Gasteiger charge is 2.55. The molecule has 8 nitrogen and oxygen atoms in total. The second-order valence-electron chi connectivity index (χ2n) is 8.17. The molecule has 160 valence electrons. The number of rotatable bonds is 3. The Balaban J connectivity index is 1.67. The largest absolute Gasteiger partial charge is 0.424 e. The summed E-state index contributed by atoms with van der Waals surface area (Å²) in [6.45, 7) is 2.45. The summed E-state index contributed by atoms with van der Waals surface area (Å²) in [4.78, 5) is 18.5. The molecule has 0 radical (unpaired) electrons. The number of carbonyl (C=O) groups is 1. The first-order valence-electron chi connectivity index (χ1n) is 9.59. The standard InChI is InChI=1S/C19H21F3N6O2/c1-10-8-27(9-12-7-24-17(28(10)12)18(2,30)19(20,21)22)16(29)15-13(6-23)14(11-4-5-11)25-26(15)3/h7,10-11,30H,4-5,8-9H2,1-3H3/t10-,18?/m0/s1. The molecule has 0 bridgehead atoms. The number of hydrogen-bond acceptors (Lipinski definition) is 5. The topological polar surface area (TPSA) is 100.0 Å². The third-order valence-corrected chi connectivity index (χ3v) is 5.78. The molecule has 1 aliphatic heterocycles. The van der Waals surface area contributed by atoms with E-state index in [4.69, 9.17) is 0 Å². The van der Waals surface area contributed by atoms with Crippen molar-refractivity contribution in [2.45, 2.75) is 57.0 Å². The number of aliphatic hydroxyl groups is 1. The van der Waals surface area contributed by atoms with Crippen molar-refractivity contribution in [2.24, 2.45) is 7.05 Å². The van der Waals surface area contributed by atoms with Crippen LogP contribution in [0, 0.1) is 11.3 Å². The minimum atomic E-state index is -4.89. The number of nitrogens with zero attached hydrogens (tertiary/aromatic N) is 6. The molecule has 2 aliphatic rings. The molecule has 1 aliphatic carbocycles. The molecule has 0 spiro atoms. The molecule has 2 aromatic heterocycles. The first-order chi connectivity index (χ1) is 14.0. The summed E-state index contributed by atoms with van der Waals surface area (Å²) >= 11 is 0. The normalized spacial score (nSPS) is 21.1. The number of aromatic nitrogens is 4. The van der Waals surface area contributed by atoms with Crippen molar-refractivity contribution in [2.75, 3.05) is 6.54 Å². The Hall–Kier alpha value is -2.87. The van der Waals surface area contributed by atoms with E-state index in [0.29, 0.717) is 18.3 Å². The number of nitriles is 1. The molecule has 1 unspecified atom stereocenters. The van der Waals surface area contributed by atoms with Crippen LogP contribution in [0.15, 0.2) is 6.20 Å². The Morgan fingerprint density at radius 1 is 1.37 bits per heavy atom. The maximum Gasteiger partial charge on any atom is 0.424 e. The lowest BCUT2D eigenvalue weighted by molar-refractivity contribution is -0.263. The highest BCUT2D eigenvalue weighted by atomic mass is 19.4. The number of amides is 1. The van der Waals surface area contributed by atoms with Crippen molar-refractivity contribution in [3.8, 4) is 6.07 Å². The van der Waals surface area contributed by atoms with Gasteiger partial charge in [0, 0.05) is 19.5 Å². The lowest BCUT2D eigenvalue weighted by Gasteiger charge is -2.36. The van der Waals surface area contributed by atoms with Crippen LogP contribution in [-0.2, 0) is 19.2 Å². The summed E-state index contributed by atoms with van der Waals surface area (Å²) in [7, 11) is 1.61. The summed E-state index contributed by atoms with van der Waals surface area (Å²) in [5, 5.41) is 24.0. The van der Waals surface area contributed by atoms with Crippen LogP contribution in [0.2, 0.25) is 0 Å². The Morgan fingerprint density at radius 3 is 2.60 bits per heavy atom. The van der Waals surface area contributed by atoms with Gasteiger partial charge in [-0.05, 0) is 26.7 Å². The van der Waals surface area contributed by atoms with Crippen molar-refractivity contribution in [1.82, 2.24) is 24.2 Å². The van der Waals surface area contributed by atoms with E-state index in [1.807, 2.05) is 0 Å². The van der Waals surface area contributed by atoms with Gasteiger partial charge in [-0.25, -0.2) is 4.98 Å². The average Bonchev–Trinajstić information content (AvgIpc) is 3.31.